The Morgan fingerprint density at radius 2 is 1.75 bits per heavy atom. The molecule has 4 heterocycles. The molecule has 3 aliphatic heterocycles. The molecule has 3 aromatic carbocycles. The van der Waals surface area contributed by atoms with Crippen LogP contribution in [-0.2, 0) is 10.2 Å². The van der Waals surface area contributed by atoms with Gasteiger partial charge < -0.3 is 14.6 Å². The molecule has 40 heavy (non-hydrogen) atoms. The quantitative estimate of drug-likeness (QED) is 0.214. The SMILES string of the molecule is O=C(c1ccco1)[C@@H]1[C@H](C(=O)c2cccc([N+](=O)[O-])c2)N2C=Cc3ccccc3[C@@H]2[C@]12C(=O)Nc1ccccc12. The highest BCUT2D eigenvalue weighted by molar-refractivity contribution is 6.16. The maximum atomic E-state index is 14.4. The van der Waals surface area contributed by atoms with Gasteiger partial charge in [0.2, 0.25) is 11.7 Å². The largest absolute Gasteiger partial charge is 0.461 e. The van der Waals surface area contributed by atoms with Gasteiger partial charge in [0.15, 0.2) is 11.5 Å². The Hall–Kier alpha value is -5.31. The van der Waals surface area contributed by atoms with E-state index in [2.05, 4.69) is 5.32 Å². The highest BCUT2D eigenvalue weighted by Gasteiger charge is 2.71. The van der Waals surface area contributed by atoms with Crippen molar-refractivity contribution in [3.8, 4) is 0 Å². The molecule has 1 aromatic heterocycles. The molecule has 7 rings (SSSR count). The number of carbonyl (C=O) groups excluding carboxylic acids is 3. The number of nitro benzene ring substituents is 1. The standard InChI is InChI=1S/C31H21N3O6/c35-27(19-8-5-9-20(17-19)34(38)39)26-25(28(36)24-13-6-16-40-24)31(22-11-3-4-12-23(22)32-30(31)37)29-21-10-2-1-7-18(21)14-15-33(26)29/h1-17,25-26,29H,(H,32,37)/t25-,26+,29+,31+/m0/s1. The molecule has 9 nitrogen and oxygen atoms in total. The summed E-state index contributed by atoms with van der Waals surface area (Å²) in [5.74, 6) is -2.59. The molecule has 0 aliphatic carbocycles. The highest BCUT2D eigenvalue weighted by Crippen LogP contribution is 2.62. The normalized spacial score (nSPS) is 23.9. The number of nitrogens with one attached hydrogen (secondary N) is 1. The van der Waals surface area contributed by atoms with Crippen molar-refractivity contribution < 1.29 is 23.7 Å². The summed E-state index contributed by atoms with van der Waals surface area (Å²) in [5.41, 5.74) is 1.18. The molecule has 0 radical (unpaired) electrons. The number of non-ortho nitro benzene ring substituents is 1. The summed E-state index contributed by atoms with van der Waals surface area (Å²) in [6, 6.07) is 21.5. The number of carbonyl (C=O) groups is 3. The Balaban J connectivity index is 1.53. The second kappa shape index (κ2) is 8.60. The molecule has 4 atom stereocenters. The molecular formula is C31H21N3O6. The topological polar surface area (TPSA) is 123 Å². The number of para-hydroxylation sites is 1. The molecule has 9 heteroatoms. The van der Waals surface area contributed by atoms with Crippen LogP contribution in [0.3, 0.4) is 0 Å². The zero-order chi connectivity index (χ0) is 27.6. The minimum atomic E-state index is -1.50. The summed E-state index contributed by atoms with van der Waals surface area (Å²) < 4.78 is 5.52. The number of Topliss-reactive ketones (excluding diaryl/α,β-unsaturated/α-hetero) is 2. The number of ketones is 2. The van der Waals surface area contributed by atoms with Crippen LogP contribution in [0.1, 0.15) is 43.6 Å². The molecular weight excluding hydrogens is 510 g/mol. The lowest BCUT2D eigenvalue weighted by atomic mass is 9.63. The third kappa shape index (κ3) is 3.11. The van der Waals surface area contributed by atoms with Crippen molar-refractivity contribution in [3.63, 3.8) is 0 Å². The average molecular weight is 532 g/mol. The number of hydrogen-bond acceptors (Lipinski definition) is 7. The van der Waals surface area contributed by atoms with Gasteiger partial charge in [-0.15, -0.1) is 0 Å². The van der Waals surface area contributed by atoms with E-state index in [1.165, 1.54) is 36.6 Å². The molecule has 0 saturated carbocycles. The molecule has 3 aliphatic rings. The molecule has 0 unspecified atom stereocenters. The molecule has 196 valence electrons. The lowest BCUT2D eigenvalue weighted by molar-refractivity contribution is -0.384. The summed E-state index contributed by atoms with van der Waals surface area (Å²) in [6.45, 7) is 0. The fourth-order valence-electron chi connectivity index (χ4n) is 6.68. The monoisotopic (exact) mass is 531 g/mol. The fourth-order valence-corrected chi connectivity index (χ4v) is 6.68. The third-order valence-electron chi connectivity index (χ3n) is 8.23. The van der Waals surface area contributed by atoms with E-state index in [4.69, 9.17) is 4.42 Å². The number of hydrogen-bond donors (Lipinski definition) is 1. The van der Waals surface area contributed by atoms with Gasteiger partial charge in [0.1, 0.15) is 11.5 Å². The number of fused-ring (bicyclic) bond motifs is 6. The number of nitro groups is 1. The highest BCUT2D eigenvalue weighted by atomic mass is 16.6. The van der Waals surface area contributed by atoms with Crippen LogP contribution in [0, 0.1) is 16.0 Å². The van der Waals surface area contributed by atoms with E-state index in [0.29, 0.717) is 11.3 Å². The van der Waals surface area contributed by atoms with Crippen LogP contribution >= 0.6 is 0 Å². The number of amides is 1. The van der Waals surface area contributed by atoms with Crippen molar-refractivity contribution in [2.45, 2.75) is 17.5 Å². The van der Waals surface area contributed by atoms with E-state index in [9.17, 15) is 24.5 Å². The Kier molecular flexibility index (Phi) is 5.11. The van der Waals surface area contributed by atoms with Crippen LogP contribution in [0.4, 0.5) is 11.4 Å². The van der Waals surface area contributed by atoms with Crippen molar-refractivity contribution in [1.29, 1.82) is 0 Å². The predicted octanol–water partition coefficient (Wildman–Crippen LogP) is 5.17. The lowest BCUT2D eigenvalue weighted by Crippen LogP contribution is -2.49. The van der Waals surface area contributed by atoms with Gasteiger partial charge in [-0.2, -0.15) is 0 Å². The van der Waals surface area contributed by atoms with Crippen molar-refractivity contribution in [3.05, 3.63) is 136 Å². The number of benzene rings is 3. The predicted molar refractivity (Wildman–Crippen MR) is 145 cm³/mol. The molecule has 1 spiro atoms. The van der Waals surface area contributed by atoms with Crippen molar-refractivity contribution >= 4 is 34.9 Å². The van der Waals surface area contributed by atoms with Gasteiger partial charge >= 0.3 is 0 Å². The first-order chi connectivity index (χ1) is 19.4. The second-order valence-electron chi connectivity index (χ2n) is 10.1. The van der Waals surface area contributed by atoms with E-state index in [1.807, 2.05) is 36.4 Å². The zero-order valence-electron chi connectivity index (χ0n) is 20.9. The van der Waals surface area contributed by atoms with Crippen molar-refractivity contribution in [2.75, 3.05) is 5.32 Å². The first-order valence-electron chi connectivity index (χ1n) is 12.7. The van der Waals surface area contributed by atoms with Crippen LogP contribution in [0.25, 0.3) is 6.08 Å². The van der Waals surface area contributed by atoms with Gasteiger partial charge in [-0.05, 0) is 41.0 Å². The molecule has 1 saturated heterocycles. The Bertz CT molecular complexity index is 1760. The van der Waals surface area contributed by atoms with Gasteiger partial charge in [-0.1, -0.05) is 54.6 Å². The van der Waals surface area contributed by atoms with Crippen molar-refractivity contribution in [2.24, 2.45) is 5.92 Å². The molecule has 0 bridgehead atoms. The first-order valence-corrected chi connectivity index (χ1v) is 12.7. The molecule has 1 N–H and O–H groups in total. The lowest BCUT2D eigenvalue weighted by Gasteiger charge is -2.38. The minimum Gasteiger partial charge on any atom is -0.461 e. The maximum Gasteiger partial charge on any atom is 0.270 e. The first kappa shape index (κ1) is 23.8. The van der Waals surface area contributed by atoms with Gasteiger partial charge in [-0.3, -0.25) is 24.5 Å². The van der Waals surface area contributed by atoms with E-state index in [-0.39, 0.29) is 17.0 Å². The average Bonchev–Trinajstić information content (AvgIpc) is 3.69. The molecule has 4 aromatic rings. The number of anilines is 1. The van der Waals surface area contributed by atoms with E-state index >= 15 is 0 Å². The molecule has 1 fully saturated rings. The second-order valence-corrected chi connectivity index (χ2v) is 10.1. The summed E-state index contributed by atoms with van der Waals surface area (Å²) in [5, 5.41) is 14.5. The molecule has 1 amide bonds. The van der Waals surface area contributed by atoms with Crippen LogP contribution in [0.5, 0.6) is 0 Å². The Labute approximate surface area is 227 Å². The summed E-state index contributed by atoms with van der Waals surface area (Å²) in [6.07, 6.45) is 4.97. The Morgan fingerprint density at radius 1 is 0.950 bits per heavy atom. The van der Waals surface area contributed by atoms with E-state index < -0.39 is 45.8 Å². The number of nitrogens with zero attached hydrogens (tertiary/aromatic N) is 2. The zero-order valence-corrected chi connectivity index (χ0v) is 20.9. The maximum absolute atomic E-state index is 14.4. The van der Waals surface area contributed by atoms with Crippen molar-refractivity contribution in [1.82, 2.24) is 4.90 Å². The van der Waals surface area contributed by atoms with E-state index in [0.717, 1.165) is 11.1 Å². The van der Waals surface area contributed by atoms with Crippen LogP contribution in [0.15, 0.2) is 102 Å². The third-order valence-corrected chi connectivity index (χ3v) is 8.23. The number of rotatable bonds is 5. The summed E-state index contributed by atoms with van der Waals surface area (Å²) in [7, 11) is 0. The van der Waals surface area contributed by atoms with Crippen LogP contribution in [0.2, 0.25) is 0 Å². The van der Waals surface area contributed by atoms with Gasteiger partial charge in [0, 0.05) is 29.6 Å². The van der Waals surface area contributed by atoms with Gasteiger partial charge in [0.25, 0.3) is 5.69 Å². The van der Waals surface area contributed by atoms with Crippen LogP contribution < -0.4 is 5.32 Å². The summed E-state index contributed by atoms with van der Waals surface area (Å²) >= 11 is 0. The summed E-state index contributed by atoms with van der Waals surface area (Å²) in [4.78, 5) is 55.9. The number of furan rings is 1. The minimum absolute atomic E-state index is 0.0236. The Morgan fingerprint density at radius 3 is 2.55 bits per heavy atom. The van der Waals surface area contributed by atoms with E-state index in [1.54, 1.807) is 35.4 Å². The van der Waals surface area contributed by atoms with Gasteiger partial charge in [0.05, 0.1) is 23.1 Å². The smallest absolute Gasteiger partial charge is 0.270 e. The van der Waals surface area contributed by atoms with Gasteiger partial charge in [-0.25, -0.2) is 0 Å². The van der Waals surface area contributed by atoms with Crippen LogP contribution in [-0.4, -0.2) is 33.3 Å². The fraction of sp³-hybridized carbons (Fsp3) is 0.129.